The Morgan fingerprint density at radius 1 is 1.17 bits per heavy atom. The van der Waals surface area contributed by atoms with Crippen LogP contribution in [-0.4, -0.2) is 51.1 Å². The van der Waals surface area contributed by atoms with E-state index >= 15 is 0 Å². The lowest BCUT2D eigenvalue weighted by molar-refractivity contribution is -0.137. The Balaban J connectivity index is 1.65. The molecule has 1 saturated heterocycles. The molecule has 36 heavy (non-hydrogen) atoms. The van der Waals surface area contributed by atoms with Crippen molar-refractivity contribution >= 4 is 22.4 Å². The van der Waals surface area contributed by atoms with Gasteiger partial charge in [0.2, 0.25) is 0 Å². The SMILES string of the molecule is CC(OC(C)(C)C)N1CCC(CN)(n2nc(Nc3ccc(C(F)(F)F)cc3)c3c(=O)[nH]ccc32)CC1. The number of anilines is 2. The van der Waals surface area contributed by atoms with Crippen molar-refractivity contribution in [3.05, 3.63) is 52.4 Å². The standard InChI is InChI=1S/C25H33F3N6O2/c1-16(36-23(2,3)4)33-13-10-24(15-29,11-14-33)34-19-9-12-30-22(35)20(19)21(32-34)31-18-7-5-17(6-8-18)25(26,27)28/h5-9,12,16H,10-11,13-15,29H2,1-4H3,(H,30,35)(H,31,32). The van der Waals surface area contributed by atoms with Gasteiger partial charge in [-0.3, -0.25) is 14.4 Å². The van der Waals surface area contributed by atoms with Crippen molar-refractivity contribution in [2.75, 3.05) is 25.0 Å². The number of hydrogen-bond acceptors (Lipinski definition) is 6. The van der Waals surface area contributed by atoms with Crippen LogP contribution in [0.15, 0.2) is 41.3 Å². The summed E-state index contributed by atoms with van der Waals surface area (Å²) in [5, 5.41) is 8.11. The average Bonchev–Trinajstić information content (AvgIpc) is 3.18. The van der Waals surface area contributed by atoms with Crippen molar-refractivity contribution in [2.24, 2.45) is 5.73 Å². The summed E-state index contributed by atoms with van der Waals surface area (Å²) < 4.78 is 46.8. The van der Waals surface area contributed by atoms with Crippen LogP contribution in [0.25, 0.3) is 10.9 Å². The normalized spacial score (nSPS) is 17.9. The molecule has 4 rings (SSSR count). The van der Waals surface area contributed by atoms with Gasteiger partial charge in [-0.1, -0.05) is 0 Å². The van der Waals surface area contributed by atoms with Crippen LogP contribution in [0.4, 0.5) is 24.7 Å². The molecule has 1 atom stereocenters. The lowest BCUT2D eigenvalue weighted by Gasteiger charge is -2.44. The molecule has 0 bridgehead atoms. The summed E-state index contributed by atoms with van der Waals surface area (Å²) in [6, 6.07) is 6.39. The van der Waals surface area contributed by atoms with Crippen LogP contribution in [0.5, 0.6) is 0 Å². The van der Waals surface area contributed by atoms with E-state index in [1.54, 1.807) is 12.3 Å². The number of piperidine rings is 1. The van der Waals surface area contributed by atoms with E-state index in [1.807, 2.05) is 32.4 Å². The monoisotopic (exact) mass is 506 g/mol. The summed E-state index contributed by atoms with van der Waals surface area (Å²) in [6.45, 7) is 9.90. The van der Waals surface area contributed by atoms with Crippen molar-refractivity contribution in [1.29, 1.82) is 0 Å². The number of aromatic nitrogens is 3. The van der Waals surface area contributed by atoms with E-state index in [0.717, 1.165) is 25.2 Å². The summed E-state index contributed by atoms with van der Waals surface area (Å²) in [7, 11) is 0. The number of hydrogen-bond donors (Lipinski definition) is 3. The Kier molecular flexibility index (Phi) is 6.93. The first-order valence-corrected chi connectivity index (χ1v) is 12.0. The minimum Gasteiger partial charge on any atom is -0.358 e. The van der Waals surface area contributed by atoms with Gasteiger partial charge in [0.05, 0.1) is 22.2 Å². The summed E-state index contributed by atoms with van der Waals surface area (Å²) in [5.74, 6) is 0.270. The van der Waals surface area contributed by atoms with Crippen LogP contribution in [0.2, 0.25) is 0 Å². The van der Waals surface area contributed by atoms with Crippen molar-refractivity contribution < 1.29 is 17.9 Å². The number of nitrogens with zero attached hydrogens (tertiary/aromatic N) is 3. The van der Waals surface area contributed by atoms with Crippen LogP contribution in [-0.2, 0) is 16.5 Å². The summed E-state index contributed by atoms with van der Waals surface area (Å²) in [6.07, 6.45) is -1.53. The molecule has 1 aliphatic rings. The van der Waals surface area contributed by atoms with Crippen molar-refractivity contribution in [3.63, 3.8) is 0 Å². The molecule has 1 aliphatic heterocycles. The molecule has 1 aromatic carbocycles. The molecule has 8 nitrogen and oxygen atoms in total. The maximum absolute atomic E-state index is 13.0. The number of H-pyrrole nitrogens is 1. The van der Waals surface area contributed by atoms with E-state index < -0.39 is 17.3 Å². The van der Waals surface area contributed by atoms with Crippen LogP contribution >= 0.6 is 0 Å². The van der Waals surface area contributed by atoms with E-state index in [9.17, 15) is 18.0 Å². The summed E-state index contributed by atoms with van der Waals surface area (Å²) in [4.78, 5) is 17.7. The first-order chi connectivity index (χ1) is 16.8. The van der Waals surface area contributed by atoms with Gasteiger partial charge in [0.1, 0.15) is 11.6 Å². The number of ether oxygens (including phenoxy) is 1. The molecule has 4 N–H and O–H groups in total. The number of nitrogens with one attached hydrogen (secondary N) is 2. The maximum Gasteiger partial charge on any atom is 0.416 e. The van der Waals surface area contributed by atoms with Gasteiger partial charge in [0.25, 0.3) is 5.56 Å². The molecule has 2 aromatic heterocycles. The predicted molar refractivity (Wildman–Crippen MR) is 133 cm³/mol. The van der Waals surface area contributed by atoms with E-state index in [4.69, 9.17) is 15.6 Å². The molecule has 3 heterocycles. The topological polar surface area (TPSA) is 101 Å². The van der Waals surface area contributed by atoms with Gasteiger partial charge in [-0.2, -0.15) is 18.3 Å². The third-order valence-electron chi connectivity index (χ3n) is 6.68. The van der Waals surface area contributed by atoms with Gasteiger partial charge in [0.15, 0.2) is 5.82 Å². The van der Waals surface area contributed by atoms with E-state index in [0.29, 0.717) is 36.0 Å². The predicted octanol–water partition coefficient (Wildman–Crippen LogP) is 4.40. The Morgan fingerprint density at radius 3 is 2.36 bits per heavy atom. The number of halogens is 3. The molecule has 196 valence electrons. The van der Waals surface area contributed by atoms with Gasteiger partial charge >= 0.3 is 6.18 Å². The van der Waals surface area contributed by atoms with Gasteiger partial charge in [-0.15, -0.1) is 0 Å². The number of alkyl halides is 3. The van der Waals surface area contributed by atoms with E-state index in [-0.39, 0.29) is 23.2 Å². The molecule has 11 heteroatoms. The van der Waals surface area contributed by atoms with Crippen molar-refractivity contribution in [1.82, 2.24) is 19.7 Å². The zero-order valence-electron chi connectivity index (χ0n) is 20.9. The van der Waals surface area contributed by atoms with Crippen molar-refractivity contribution in [2.45, 2.75) is 64.1 Å². The molecule has 0 saturated carbocycles. The Hall–Kier alpha value is -2.89. The second-order valence-corrected chi connectivity index (χ2v) is 10.3. The fourth-order valence-electron chi connectivity index (χ4n) is 4.80. The van der Waals surface area contributed by atoms with Gasteiger partial charge < -0.3 is 20.8 Å². The Bertz CT molecular complexity index is 1250. The highest BCUT2D eigenvalue weighted by molar-refractivity contribution is 5.91. The molecule has 0 radical (unpaired) electrons. The first-order valence-electron chi connectivity index (χ1n) is 12.0. The number of likely N-dealkylation sites (tertiary alicyclic amines) is 1. The molecule has 0 aliphatic carbocycles. The average molecular weight is 507 g/mol. The van der Waals surface area contributed by atoms with Crippen LogP contribution in [0, 0.1) is 0 Å². The first kappa shape index (κ1) is 26.2. The lowest BCUT2D eigenvalue weighted by Crippen LogP contribution is -2.53. The fourth-order valence-corrected chi connectivity index (χ4v) is 4.80. The molecular weight excluding hydrogens is 473 g/mol. The Morgan fingerprint density at radius 2 is 1.81 bits per heavy atom. The second-order valence-electron chi connectivity index (χ2n) is 10.3. The molecule has 1 fully saturated rings. The van der Waals surface area contributed by atoms with Crippen molar-refractivity contribution in [3.8, 4) is 0 Å². The molecule has 1 unspecified atom stereocenters. The van der Waals surface area contributed by atoms with Crippen LogP contribution in [0.3, 0.4) is 0 Å². The zero-order chi connectivity index (χ0) is 26.3. The highest BCUT2D eigenvalue weighted by atomic mass is 19.4. The van der Waals surface area contributed by atoms with Crippen LogP contribution < -0.4 is 16.6 Å². The molecule has 0 spiro atoms. The molecular formula is C25H33F3N6O2. The number of nitrogens with two attached hydrogens (primary N) is 1. The quantitative estimate of drug-likeness (QED) is 0.458. The third kappa shape index (κ3) is 5.28. The van der Waals surface area contributed by atoms with E-state index in [2.05, 4.69) is 15.2 Å². The van der Waals surface area contributed by atoms with Crippen LogP contribution in [0.1, 0.15) is 46.1 Å². The lowest BCUT2D eigenvalue weighted by atomic mass is 9.87. The summed E-state index contributed by atoms with van der Waals surface area (Å²) >= 11 is 0. The minimum atomic E-state index is -4.43. The number of fused-ring (bicyclic) bond motifs is 1. The van der Waals surface area contributed by atoms with Gasteiger partial charge in [0, 0.05) is 31.5 Å². The van der Waals surface area contributed by atoms with Gasteiger partial charge in [-0.05, 0) is 70.9 Å². The third-order valence-corrected chi connectivity index (χ3v) is 6.68. The molecule has 0 amide bonds. The summed E-state index contributed by atoms with van der Waals surface area (Å²) in [5.41, 5.74) is 5.45. The van der Waals surface area contributed by atoms with Gasteiger partial charge in [-0.25, -0.2) is 0 Å². The number of benzene rings is 1. The number of aromatic amines is 1. The Labute approximate surface area is 207 Å². The smallest absolute Gasteiger partial charge is 0.358 e. The maximum atomic E-state index is 13.0. The number of pyridine rings is 1. The minimum absolute atomic E-state index is 0.0603. The highest BCUT2D eigenvalue weighted by Crippen LogP contribution is 2.36. The second kappa shape index (κ2) is 9.53. The molecule has 3 aromatic rings. The highest BCUT2D eigenvalue weighted by Gasteiger charge is 2.39. The zero-order valence-corrected chi connectivity index (χ0v) is 20.9. The van der Waals surface area contributed by atoms with E-state index in [1.165, 1.54) is 12.1 Å². The largest absolute Gasteiger partial charge is 0.416 e. The fraction of sp³-hybridized carbons (Fsp3) is 0.520. The number of rotatable bonds is 6.